The van der Waals surface area contributed by atoms with Crippen LogP contribution in [0.2, 0.25) is 0 Å². The van der Waals surface area contributed by atoms with Crippen LogP contribution in [0.15, 0.2) is 97.2 Å². The van der Waals surface area contributed by atoms with Gasteiger partial charge in [-0.1, -0.05) is 66.7 Å². The second-order valence-corrected chi connectivity index (χ2v) is 9.47. The lowest BCUT2D eigenvalue weighted by molar-refractivity contribution is 1.35. The van der Waals surface area contributed by atoms with Gasteiger partial charge >= 0.3 is 0 Å². The first kappa shape index (κ1) is 16.7. The monoisotopic (exact) mass is 424 g/mol. The fourth-order valence-corrected chi connectivity index (χ4v) is 6.64. The Kier molecular flexibility index (Phi) is 3.05. The molecule has 8 rings (SSSR count). The van der Waals surface area contributed by atoms with Gasteiger partial charge in [-0.15, -0.1) is 11.3 Å². The summed E-state index contributed by atoms with van der Waals surface area (Å²) >= 11 is 1.83. The van der Waals surface area contributed by atoms with Crippen molar-refractivity contribution in [3.63, 3.8) is 0 Å². The fourth-order valence-electron chi connectivity index (χ4n) is 5.44. The molecule has 4 aromatic carbocycles. The van der Waals surface area contributed by atoms with Crippen LogP contribution in [0.1, 0.15) is 0 Å². The predicted molar refractivity (Wildman–Crippen MR) is 137 cm³/mol. The Hall–Kier alpha value is -3.95. The maximum absolute atomic E-state index is 4.85. The molecule has 3 heteroatoms. The minimum Gasteiger partial charge on any atom is -0.308 e. The standard InChI is InChI=1S/C29H16N2S/c1-3-10-24-18(6-1)21-8-5-9-22-19-13-12-17(16-25(19)31(24)28(21)22)27-29-23(14-15-30-27)20-7-2-4-11-26(20)32-29/h1-16H. The highest BCUT2D eigenvalue weighted by Crippen LogP contribution is 2.42. The molecule has 2 nitrogen and oxygen atoms in total. The number of hydrogen-bond acceptors (Lipinski definition) is 2. The molecule has 148 valence electrons. The van der Waals surface area contributed by atoms with E-state index >= 15 is 0 Å². The molecule has 0 N–H and O–H groups in total. The number of nitrogens with zero attached hydrogens (tertiary/aromatic N) is 2. The topological polar surface area (TPSA) is 17.3 Å². The van der Waals surface area contributed by atoms with Crippen LogP contribution in [-0.2, 0) is 0 Å². The first-order valence-electron chi connectivity index (χ1n) is 10.8. The van der Waals surface area contributed by atoms with Gasteiger partial charge in [0.25, 0.3) is 0 Å². The number of benzene rings is 4. The second kappa shape index (κ2) is 5.84. The van der Waals surface area contributed by atoms with E-state index in [0.29, 0.717) is 0 Å². The molecular formula is C29H16N2S. The van der Waals surface area contributed by atoms with Crippen LogP contribution < -0.4 is 0 Å². The van der Waals surface area contributed by atoms with E-state index in [1.807, 2.05) is 17.5 Å². The molecule has 0 atom stereocenters. The summed E-state index contributed by atoms with van der Waals surface area (Å²) in [6.07, 6.45) is 1.95. The summed E-state index contributed by atoms with van der Waals surface area (Å²) < 4.78 is 5.00. The van der Waals surface area contributed by atoms with Crippen molar-refractivity contribution >= 4 is 69.6 Å². The molecule has 4 heterocycles. The Labute approximate surface area is 187 Å². The average molecular weight is 425 g/mol. The molecule has 0 amide bonds. The molecule has 0 radical (unpaired) electrons. The van der Waals surface area contributed by atoms with Crippen molar-refractivity contribution in [2.24, 2.45) is 0 Å². The first-order chi connectivity index (χ1) is 15.9. The number of para-hydroxylation sites is 2. The van der Waals surface area contributed by atoms with E-state index in [-0.39, 0.29) is 0 Å². The van der Waals surface area contributed by atoms with Crippen LogP contribution in [-0.4, -0.2) is 9.38 Å². The minimum absolute atomic E-state index is 1.06. The van der Waals surface area contributed by atoms with E-state index in [9.17, 15) is 0 Å². The normalized spacial score (nSPS) is 12.4. The third-order valence-corrected chi connectivity index (χ3v) is 7.98. The molecular weight excluding hydrogens is 408 g/mol. The van der Waals surface area contributed by atoms with Crippen LogP contribution in [0.5, 0.6) is 0 Å². The predicted octanol–water partition coefficient (Wildman–Crippen LogP) is 8.27. The van der Waals surface area contributed by atoms with E-state index < -0.39 is 0 Å². The highest BCUT2D eigenvalue weighted by atomic mass is 32.1. The number of pyridine rings is 1. The van der Waals surface area contributed by atoms with Gasteiger partial charge in [0.2, 0.25) is 0 Å². The van der Waals surface area contributed by atoms with Gasteiger partial charge < -0.3 is 4.40 Å². The highest BCUT2D eigenvalue weighted by molar-refractivity contribution is 7.26. The molecule has 0 aliphatic heterocycles. The van der Waals surface area contributed by atoms with Gasteiger partial charge in [0, 0.05) is 48.8 Å². The largest absolute Gasteiger partial charge is 0.308 e. The zero-order chi connectivity index (χ0) is 20.8. The molecule has 0 fully saturated rings. The van der Waals surface area contributed by atoms with Crippen molar-refractivity contribution < 1.29 is 0 Å². The summed E-state index contributed by atoms with van der Waals surface area (Å²) in [6, 6.07) is 33.0. The SMILES string of the molecule is c1ccc2c(c1)sc1c(-c3ccc4c5cccc6c7ccccc7n(c4c3)c65)nccc12. The zero-order valence-electron chi connectivity index (χ0n) is 17.0. The van der Waals surface area contributed by atoms with Gasteiger partial charge in [0.15, 0.2) is 0 Å². The summed E-state index contributed by atoms with van der Waals surface area (Å²) in [4.78, 5) is 4.85. The Bertz CT molecular complexity index is 1990. The lowest BCUT2D eigenvalue weighted by atomic mass is 10.0. The van der Waals surface area contributed by atoms with E-state index in [1.54, 1.807) is 0 Å². The number of hydrogen-bond donors (Lipinski definition) is 0. The van der Waals surface area contributed by atoms with Gasteiger partial charge in [0.05, 0.1) is 26.9 Å². The van der Waals surface area contributed by atoms with Gasteiger partial charge in [-0.2, -0.15) is 0 Å². The number of thiophene rings is 1. The Morgan fingerprint density at radius 3 is 2.25 bits per heavy atom. The lowest BCUT2D eigenvalue weighted by Gasteiger charge is -2.04. The second-order valence-electron chi connectivity index (χ2n) is 8.42. The van der Waals surface area contributed by atoms with E-state index in [4.69, 9.17) is 4.98 Å². The molecule has 0 aliphatic carbocycles. The van der Waals surface area contributed by atoms with Crippen LogP contribution in [0.25, 0.3) is 69.5 Å². The Morgan fingerprint density at radius 2 is 1.34 bits per heavy atom. The van der Waals surface area contributed by atoms with Crippen molar-refractivity contribution in [1.29, 1.82) is 0 Å². The van der Waals surface area contributed by atoms with Crippen molar-refractivity contribution in [3.05, 3.63) is 97.2 Å². The molecule has 8 aromatic rings. The zero-order valence-corrected chi connectivity index (χ0v) is 17.9. The third-order valence-electron chi connectivity index (χ3n) is 6.79. The first-order valence-corrected chi connectivity index (χ1v) is 11.6. The van der Waals surface area contributed by atoms with E-state index in [1.165, 1.54) is 63.8 Å². The van der Waals surface area contributed by atoms with Crippen LogP contribution in [0, 0.1) is 0 Å². The summed E-state index contributed by atoms with van der Waals surface area (Å²) in [6.45, 7) is 0. The quantitative estimate of drug-likeness (QED) is 0.259. The molecule has 0 saturated carbocycles. The highest BCUT2D eigenvalue weighted by Gasteiger charge is 2.18. The molecule has 0 spiro atoms. The number of aromatic nitrogens is 2. The fraction of sp³-hybridized carbons (Fsp3) is 0. The number of rotatable bonds is 1. The molecule has 0 saturated heterocycles. The van der Waals surface area contributed by atoms with Crippen LogP contribution in [0.3, 0.4) is 0 Å². The third kappa shape index (κ3) is 1.97. The van der Waals surface area contributed by atoms with Crippen molar-refractivity contribution in [1.82, 2.24) is 9.38 Å². The summed E-state index contributed by atoms with van der Waals surface area (Å²) in [5.74, 6) is 0. The van der Waals surface area contributed by atoms with Crippen molar-refractivity contribution in [3.8, 4) is 11.3 Å². The van der Waals surface area contributed by atoms with Gasteiger partial charge in [-0.05, 0) is 24.3 Å². The van der Waals surface area contributed by atoms with Crippen LogP contribution in [0.4, 0.5) is 0 Å². The van der Waals surface area contributed by atoms with Gasteiger partial charge in [-0.25, -0.2) is 0 Å². The Balaban J connectivity index is 1.52. The molecule has 4 aromatic heterocycles. The maximum Gasteiger partial charge on any atom is 0.0881 e. The van der Waals surface area contributed by atoms with E-state index in [2.05, 4.69) is 95.4 Å². The molecule has 0 bridgehead atoms. The smallest absolute Gasteiger partial charge is 0.0881 e. The van der Waals surface area contributed by atoms with Gasteiger partial charge in [-0.3, -0.25) is 4.98 Å². The summed E-state index contributed by atoms with van der Waals surface area (Å²) in [5, 5.41) is 7.83. The number of fused-ring (bicyclic) bond motifs is 9. The minimum atomic E-state index is 1.06. The molecule has 0 unspecified atom stereocenters. The van der Waals surface area contributed by atoms with Crippen molar-refractivity contribution in [2.45, 2.75) is 0 Å². The summed E-state index contributed by atoms with van der Waals surface area (Å²) in [5.41, 5.74) is 6.05. The van der Waals surface area contributed by atoms with Gasteiger partial charge in [0.1, 0.15) is 0 Å². The van der Waals surface area contributed by atoms with E-state index in [0.717, 1.165) is 5.69 Å². The van der Waals surface area contributed by atoms with Crippen molar-refractivity contribution in [2.75, 3.05) is 0 Å². The average Bonchev–Trinajstić information content (AvgIpc) is 3.50. The van der Waals surface area contributed by atoms with Crippen LogP contribution >= 0.6 is 11.3 Å². The molecule has 32 heavy (non-hydrogen) atoms. The summed E-state index contributed by atoms with van der Waals surface area (Å²) in [7, 11) is 0. The maximum atomic E-state index is 4.85. The molecule has 0 aliphatic rings. The Morgan fingerprint density at radius 1 is 0.594 bits per heavy atom. The lowest BCUT2D eigenvalue weighted by Crippen LogP contribution is -1.85.